The number of imide groups is 1. The van der Waals surface area contributed by atoms with Gasteiger partial charge in [-0.15, -0.1) is 11.8 Å². The summed E-state index contributed by atoms with van der Waals surface area (Å²) in [6, 6.07) is 14.1. The first-order chi connectivity index (χ1) is 14.0. The maximum Gasteiger partial charge on any atom is 0.272 e. The molecule has 1 aliphatic rings. The van der Waals surface area contributed by atoms with Crippen molar-refractivity contribution >= 4 is 46.4 Å². The van der Waals surface area contributed by atoms with Gasteiger partial charge in [0.15, 0.2) is 0 Å². The van der Waals surface area contributed by atoms with E-state index >= 15 is 0 Å². The lowest BCUT2D eigenvalue weighted by atomic mass is 10.1. The van der Waals surface area contributed by atoms with Crippen molar-refractivity contribution < 1.29 is 18.4 Å². The number of hydrogen-bond acceptors (Lipinski definition) is 4. The Bertz CT molecular complexity index is 1120. The lowest BCUT2D eigenvalue weighted by Gasteiger charge is -2.18. The van der Waals surface area contributed by atoms with E-state index in [2.05, 4.69) is 0 Å². The third kappa shape index (κ3) is 3.73. The highest BCUT2D eigenvalue weighted by Crippen LogP contribution is 2.40. The van der Waals surface area contributed by atoms with Crippen molar-refractivity contribution in [2.75, 3.05) is 4.90 Å². The molecule has 7 heteroatoms. The van der Waals surface area contributed by atoms with Crippen LogP contribution in [-0.4, -0.2) is 11.8 Å². The van der Waals surface area contributed by atoms with Crippen LogP contribution in [0.2, 0.25) is 5.02 Å². The zero-order valence-electron chi connectivity index (χ0n) is 15.3. The fourth-order valence-corrected chi connectivity index (χ4v) is 4.38. The predicted octanol–water partition coefficient (Wildman–Crippen LogP) is 5.60. The van der Waals surface area contributed by atoms with Gasteiger partial charge in [0, 0.05) is 5.02 Å². The number of furan rings is 1. The van der Waals surface area contributed by atoms with Gasteiger partial charge in [0.2, 0.25) is 0 Å². The van der Waals surface area contributed by atoms with E-state index in [4.69, 9.17) is 16.0 Å². The average molecular weight is 428 g/mol. The van der Waals surface area contributed by atoms with Crippen LogP contribution < -0.4 is 4.90 Å². The summed E-state index contributed by atoms with van der Waals surface area (Å²) in [4.78, 5) is 28.0. The third-order valence-corrected chi connectivity index (χ3v) is 5.84. The average Bonchev–Trinajstić information content (AvgIpc) is 3.28. The van der Waals surface area contributed by atoms with E-state index in [9.17, 15) is 14.0 Å². The Balaban J connectivity index is 1.77. The van der Waals surface area contributed by atoms with Gasteiger partial charge in [-0.25, -0.2) is 9.29 Å². The Kier molecular flexibility index (Phi) is 5.30. The Morgan fingerprint density at radius 1 is 1.07 bits per heavy atom. The molecule has 0 spiro atoms. The van der Waals surface area contributed by atoms with Gasteiger partial charge in [0.05, 0.1) is 28.2 Å². The number of carbonyl (C=O) groups is 2. The molecule has 2 heterocycles. The Morgan fingerprint density at radius 3 is 2.48 bits per heavy atom. The summed E-state index contributed by atoms with van der Waals surface area (Å²) in [6.07, 6.45) is 1.55. The maximum absolute atomic E-state index is 13.4. The summed E-state index contributed by atoms with van der Waals surface area (Å²) < 4.78 is 18.7. The molecule has 0 saturated carbocycles. The highest BCUT2D eigenvalue weighted by molar-refractivity contribution is 8.03. The van der Waals surface area contributed by atoms with E-state index in [1.807, 2.05) is 0 Å². The lowest BCUT2D eigenvalue weighted by Crippen LogP contribution is -2.31. The molecule has 4 nitrogen and oxygen atoms in total. The molecule has 29 heavy (non-hydrogen) atoms. The first kappa shape index (κ1) is 19.5. The van der Waals surface area contributed by atoms with Crippen molar-refractivity contribution in [1.29, 1.82) is 0 Å². The van der Waals surface area contributed by atoms with Crippen LogP contribution in [0.25, 0.3) is 5.57 Å². The summed E-state index contributed by atoms with van der Waals surface area (Å²) in [5, 5.41) is 0.518. The molecule has 0 N–H and O–H groups in total. The zero-order valence-corrected chi connectivity index (χ0v) is 16.9. The van der Waals surface area contributed by atoms with Crippen LogP contribution in [-0.2, 0) is 15.3 Å². The second kappa shape index (κ2) is 7.89. The van der Waals surface area contributed by atoms with E-state index in [0.29, 0.717) is 38.3 Å². The number of hydrogen-bond donors (Lipinski definition) is 0. The molecule has 1 aromatic heterocycles. The van der Waals surface area contributed by atoms with E-state index < -0.39 is 17.6 Å². The topological polar surface area (TPSA) is 50.5 Å². The third-order valence-electron chi connectivity index (χ3n) is 4.51. The van der Waals surface area contributed by atoms with Gasteiger partial charge in [-0.2, -0.15) is 0 Å². The normalized spacial score (nSPS) is 14.2. The molecule has 2 aromatic carbocycles. The van der Waals surface area contributed by atoms with Gasteiger partial charge in [0.25, 0.3) is 11.8 Å². The minimum atomic E-state index is -0.450. The van der Waals surface area contributed by atoms with Crippen molar-refractivity contribution in [3.05, 3.63) is 93.5 Å². The summed E-state index contributed by atoms with van der Waals surface area (Å²) in [5.41, 5.74) is 1.91. The van der Waals surface area contributed by atoms with E-state index in [-0.39, 0.29) is 5.57 Å². The largest absolute Gasteiger partial charge is 0.468 e. The van der Waals surface area contributed by atoms with Gasteiger partial charge in [0.1, 0.15) is 11.6 Å². The number of benzene rings is 2. The van der Waals surface area contributed by atoms with Crippen LogP contribution >= 0.6 is 23.4 Å². The first-order valence-corrected chi connectivity index (χ1v) is 10.1. The highest BCUT2D eigenvalue weighted by Gasteiger charge is 2.40. The second-order valence-corrected chi connectivity index (χ2v) is 7.88. The van der Waals surface area contributed by atoms with Crippen LogP contribution in [0.1, 0.15) is 16.9 Å². The van der Waals surface area contributed by atoms with Crippen molar-refractivity contribution in [3.63, 3.8) is 0 Å². The van der Waals surface area contributed by atoms with Crippen molar-refractivity contribution in [3.8, 4) is 0 Å². The predicted molar refractivity (Wildman–Crippen MR) is 112 cm³/mol. The SMILES string of the molecule is Cc1cc(Cl)ccc1N1C(=O)C(SCc2ccco2)=C(c2ccc(F)cc2)C1=O. The number of nitrogens with zero attached hydrogens (tertiary/aromatic N) is 1. The Labute approximate surface area is 176 Å². The fraction of sp³-hybridized carbons (Fsp3) is 0.0909. The number of aryl methyl sites for hydroxylation is 1. The van der Waals surface area contributed by atoms with Crippen LogP contribution in [0.15, 0.2) is 70.2 Å². The standard InChI is InChI=1S/C22H15ClFNO3S/c1-13-11-15(23)6-9-18(13)25-21(26)19(14-4-7-16(24)8-5-14)20(22(25)27)29-12-17-3-2-10-28-17/h2-11H,12H2,1H3. The van der Waals surface area contributed by atoms with Gasteiger partial charge in [-0.1, -0.05) is 23.7 Å². The van der Waals surface area contributed by atoms with Gasteiger partial charge in [-0.05, 0) is 60.5 Å². The highest BCUT2D eigenvalue weighted by atomic mass is 35.5. The minimum Gasteiger partial charge on any atom is -0.468 e. The smallest absolute Gasteiger partial charge is 0.272 e. The van der Waals surface area contributed by atoms with Gasteiger partial charge < -0.3 is 4.42 Å². The monoisotopic (exact) mass is 427 g/mol. The molecule has 0 bridgehead atoms. The molecule has 4 rings (SSSR count). The van der Waals surface area contributed by atoms with Crippen LogP contribution in [0.5, 0.6) is 0 Å². The van der Waals surface area contributed by atoms with Gasteiger partial charge in [-0.3, -0.25) is 9.59 Å². The molecule has 146 valence electrons. The first-order valence-electron chi connectivity index (χ1n) is 8.76. The molecule has 1 aliphatic heterocycles. The number of anilines is 1. The summed E-state index contributed by atoms with van der Waals surface area (Å²) >= 11 is 7.24. The number of thioether (sulfide) groups is 1. The molecule has 0 atom stereocenters. The number of carbonyl (C=O) groups excluding carboxylic acids is 2. The molecular formula is C22H15ClFNO3S. The number of halogens is 2. The quantitative estimate of drug-likeness (QED) is 0.497. The lowest BCUT2D eigenvalue weighted by molar-refractivity contribution is -0.119. The summed E-state index contributed by atoms with van der Waals surface area (Å²) in [7, 11) is 0. The van der Waals surface area contributed by atoms with Crippen molar-refractivity contribution in [2.24, 2.45) is 0 Å². The van der Waals surface area contributed by atoms with E-state index in [0.717, 1.165) is 4.90 Å². The molecule has 0 radical (unpaired) electrons. The van der Waals surface area contributed by atoms with Crippen molar-refractivity contribution in [2.45, 2.75) is 12.7 Å². The Morgan fingerprint density at radius 2 is 1.83 bits per heavy atom. The van der Waals surface area contributed by atoms with E-state index in [1.54, 1.807) is 43.5 Å². The molecule has 0 aliphatic carbocycles. The molecule has 0 unspecified atom stereocenters. The van der Waals surface area contributed by atoms with Crippen LogP contribution in [0, 0.1) is 12.7 Å². The Hall–Kier alpha value is -2.83. The second-order valence-electron chi connectivity index (χ2n) is 6.46. The maximum atomic E-state index is 13.4. The van der Waals surface area contributed by atoms with Crippen molar-refractivity contribution in [1.82, 2.24) is 0 Å². The van der Waals surface area contributed by atoms with Crippen LogP contribution in [0.4, 0.5) is 10.1 Å². The number of amides is 2. The summed E-state index contributed by atoms with van der Waals surface area (Å²) in [6.45, 7) is 1.79. The van der Waals surface area contributed by atoms with Crippen LogP contribution in [0.3, 0.4) is 0 Å². The number of rotatable bonds is 5. The van der Waals surface area contributed by atoms with E-state index in [1.165, 1.54) is 36.0 Å². The fourth-order valence-electron chi connectivity index (χ4n) is 3.14. The molecule has 0 fully saturated rings. The summed E-state index contributed by atoms with van der Waals surface area (Å²) in [5.74, 6) is -0.214. The molecule has 0 saturated heterocycles. The molecule has 3 aromatic rings. The molecule has 2 amide bonds. The minimum absolute atomic E-state index is 0.251. The molecular weight excluding hydrogens is 413 g/mol. The van der Waals surface area contributed by atoms with Gasteiger partial charge >= 0.3 is 0 Å². The zero-order chi connectivity index (χ0) is 20.5.